The standard InChI is InChI=1S/C11H13F6NO/c1-7-9(11(15,16)17)8(10(12,13)14)6-18(7)4-3-5-19-2/h6H,3-5H2,1-2H3. The van der Waals surface area contributed by atoms with Gasteiger partial charge >= 0.3 is 12.4 Å². The molecule has 0 aliphatic rings. The van der Waals surface area contributed by atoms with E-state index < -0.39 is 29.2 Å². The molecule has 8 heteroatoms. The third kappa shape index (κ3) is 3.65. The van der Waals surface area contributed by atoms with Crippen molar-refractivity contribution in [3.05, 3.63) is 23.0 Å². The lowest BCUT2D eigenvalue weighted by molar-refractivity contribution is -0.161. The fourth-order valence-corrected chi connectivity index (χ4v) is 1.84. The lowest BCUT2D eigenvalue weighted by Gasteiger charge is -2.12. The summed E-state index contributed by atoms with van der Waals surface area (Å²) >= 11 is 0. The van der Waals surface area contributed by atoms with Gasteiger partial charge in [0.05, 0.1) is 11.1 Å². The van der Waals surface area contributed by atoms with E-state index in [-0.39, 0.29) is 13.2 Å². The maximum absolute atomic E-state index is 12.7. The van der Waals surface area contributed by atoms with Crippen LogP contribution in [0.25, 0.3) is 0 Å². The molecule has 0 spiro atoms. The Morgan fingerprint density at radius 1 is 1.11 bits per heavy atom. The number of methoxy groups -OCH3 is 1. The van der Waals surface area contributed by atoms with E-state index in [1.807, 2.05) is 0 Å². The molecule has 0 N–H and O–H groups in total. The van der Waals surface area contributed by atoms with E-state index in [0.29, 0.717) is 12.6 Å². The van der Waals surface area contributed by atoms with Crippen molar-refractivity contribution in [3.8, 4) is 0 Å². The largest absolute Gasteiger partial charge is 0.418 e. The minimum Gasteiger partial charge on any atom is -0.385 e. The highest BCUT2D eigenvalue weighted by atomic mass is 19.4. The smallest absolute Gasteiger partial charge is 0.385 e. The van der Waals surface area contributed by atoms with Crippen LogP contribution in [0, 0.1) is 6.92 Å². The van der Waals surface area contributed by atoms with E-state index in [0.717, 1.165) is 11.5 Å². The van der Waals surface area contributed by atoms with E-state index >= 15 is 0 Å². The van der Waals surface area contributed by atoms with E-state index in [9.17, 15) is 26.3 Å². The average molecular weight is 289 g/mol. The second-order valence-electron chi connectivity index (χ2n) is 4.04. The Hall–Kier alpha value is -1.18. The number of rotatable bonds is 4. The third-order valence-corrected chi connectivity index (χ3v) is 2.68. The number of halogens is 6. The second kappa shape index (κ2) is 5.44. The number of alkyl halides is 6. The molecule has 0 aromatic carbocycles. The van der Waals surface area contributed by atoms with Gasteiger partial charge in [0.15, 0.2) is 0 Å². The minimum absolute atomic E-state index is 0.0405. The number of aryl methyl sites for hydroxylation is 1. The Balaban J connectivity index is 3.20. The molecular weight excluding hydrogens is 276 g/mol. The highest BCUT2D eigenvalue weighted by Crippen LogP contribution is 2.42. The molecule has 0 radical (unpaired) electrons. The lowest BCUT2D eigenvalue weighted by Crippen LogP contribution is -2.15. The Morgan fingerprint density at radius 3 is 2.05 bits per heavy atom. The Bertz CT molecular complexity index is 432. The van der Waals surface area contributed by atoms with Crippen molar-refractivity contribution in [2.24, 2.45) is 0 Å². The van der Waals surface area contributed by atoms with Crippen molar-refractivity contribution >= 4 is 0 Å². The first-order valence-corrected chi connectivity index (χ1v) is 5.42. The predicted molar refractivity (Wildman–Crippen MR) is 55.7 cm³/mol. The van der Waals surface area contributed by atoms with Gasteiger partial charge < -0.3 is 9.30 Å². The van der Waals surface area contributed by atoms with Gasteiger partial charge in [-0.2, -0.15) is 26.3 Å². The number of hydrogen-bond donors (Lipinski definition) is 0. The van der Waals surface area contributed by atoms with Crippen LogP contribution in [0.1, 0.15) is 23.2 Å². The van der Waals surface area contributed by atoms with Gasteiger partial charge in [-0.05, 0) is 13.3 Å². The molecule has 0 saturated heterocycles. The second-order valence-corrected chi connectivity index (χ2v) is 4.04. The van der Waals surface area contributed by atoms with Gasteiger partial charge in [-0.3, -0.25) is 0 Å². The summed E-state index contributed by atoms with van der Waals surface area (Å²) in [7, 11) is 1.41. The highest BCUT2D eigenvalue weighted by Gasteiger charge is 2.46. The lowest BCUT2D eigenvalue weighted by atomic mass is 10.1. The van der Waals surface area contributed by atoms with Crippen molar-refractivity contribution < 1.29 is 31.1 Å². The average Bonchev–Trinajstić information content (AvgIpc) is 2.55. The molecule has 0 saturated carbocycles. The molecule has 1 aromatic rings. The summed E-state index contributed by atoms with van der Waals surface area (Å²) < 4.78 is 81.7. The first-order valence-electron chi connectivity index (χ1n) is 5.42. The maximum atomic E-state index is 12.7. The summed E-state index contributed by atoms with van der Waals surface area (Å²) in [6, 6.07) is 0. The molecule has 1 rings (SSSR count). The fourth-order valence-electron chi connectivity index (χ4n) is 1.84. The van der Waals surface area contributed by atoms with Gasteiger partial charge in [0.25, 0.3) is 0 Å². The number of nitrogens with zero attached hydrogens (tertiary/aromatic N) is 1. The molecule has 19 heavy (non-hydrogen) atoms. The van der Waals surface area contributed by atoms with Gasteiger partial charge in [-0.1, -0.05) is 0 Å². The first-order chi connectivity index (χ1) is 8.59. The molecule has 0 bridgehead atoms. The van der Waals surface area contributed by atoms with Crippen molar-refractivity contribution in [3.63, 3.8) is 0 Å². The number of aromatic nitrogens is 1. The molecule has 0 aliphatic heterocycles. The van der Waals surface area contributed by atoms with Crippen molar-refractivity contribution in [2.45, 2.75) is 32.2 Å². The zero-order valence-electron chi connectivity index (χ0n) is 10.3. The highest BCUT2D eigenvalue weighted by molar-refractivity contribution is 5.36. The maximum Gasteiger partial charge on any atom is 0.418 e. The Morgan fingerprint density at radius 2 is 1.68 bits per heavy atom. The Kier molecular flexibility index (Phi) is 4.54. The van der Waals surface area contributed by atoms with Gasteiger partial charge in [0, 0.05) is 32.2 Å². The van der Waals surface area contributed by atoms with E-state index in [4.69, 9.17) is 4.74 Å². The normalized spacial score (nSPS) is 13.1. The molecular formula is C11H13F6NO. The predicted octanol–water partition coefficient (Wildman–Crippen LogP) is 3.87. The SMILES string of the molecule is COCCCn1cc(C(F)(F)F)c(C(F)(F)F)c1C. The van der Waals surface area contributed by atoms with Crippen molar-refractivity contribution in [1.29, 1.82) is 0 Å². The fraction of sp³-hybridized carbons (Fsp3) is 0.636. The molecule has 0 amide bonds. The van der Waals surface area contributed by atoms with Crippen LogP contribution in [-0.4, -0.2) is 18.3 Å². The van der Waals surface area contributed by atoms with Crippen LogP contribution in [0.4, 0.5) is 26.3 Å². The van der Waals surface area contributed by atoms with Gasteiger partial charge in [0.2, 0.25) is 0 Å². The summed E-state index contributed by atoms with van der Waals surface area (Å²) in [6.45, 7) is 1.34. The van der Waals surface area contributed by atoms with Crippen LogP contribution in [0.15, 0.2) is 6.20 Å². The van der Waals surface area contributed by atoms with Crippen molar-refractivity contribution in [2.75, 3.05) is 13.7 Å². The van der Waals surface area contributed by atoms with Gasteiger partial charge in [0.1, 0.15) is 0 Å². The summed E-state index contributed by atoms with van der Waals surface area (Å²) in [5, 5.41) is 0. The van der Waals surface area contributed by atoms with Gasteiger partial charge in [-0.25, -0.2) is 0 Å². The zero-order valence-corrected chi connectivity index (χ0v) is 10.3. The van der Waals surface area contributed by atoms with Gasteiger partial charge in [-0.15, -0.1) is 0 Å². The Labute approximate surface area is 106 Å². The van der Waals surface area contributed by atoms with Crippen LogP contribution in [0.5, 0.6) is 0 Å². The molecule has 1 aromatic heterocycles. The molecule has 110 valence electrons. The topological polar surface area (TPSA) is 14.2 Å². The van der Waals surface area contributed by atoms with Crippen LogP contribution in [0.2, 0.25) is 0 Å². The van der Waals surface area contributed by atoms with E-state index in [1.54, 1.807) is 0 Å². The number of ether oxygens (including phenoxy) is 1. The van der Waals surface area contributed by atoms with Crippen LogP contribution < -0.4 is 0 Å². The summed E-state index contributed by atoms with van der Waals surface area (Å²) in [5.41, 5.74) is -3.69. The molecule has 0 aliphatic carbocycles. The molecule has 0 unspecified atom stereocenters. The quantitative estimate of drug-likeness (QED) is 0.606. The zero-order chi connectivity index (χ0) is 14.8. The van der Waals surface area contributed by atoms with Crippen LogP contribution >= 0.6 is 0 Å². The minimum atomic E-state index is -5.03. The van der Waals surface area contributed by atoms with E-state index in [1.165, 1.54) is 7.11 Å². The molecule has 2 nitrogen and oxygen atoms in total. The monoisotopic (exact) mass is 289 g/mol. The molecule has 1 heterocycles. The summed E-state index contributed by atoms with van der Waals surface area (Å²) in [5.74, 6) is 0. The van der Waals surface area contributed by atoms with Crippen molar-refractivity contribution in [1.82, 2.24) is 4.57 Å². The molecule has 0 fully saturated rings. The summed E-state index contributed by atoms with van der Waals surface area (Å²) in [6.07, 6.45) is -9.21. The summed E-state index contributed by atoms with van der Waals surface area (Å²) in [4.78, 5) is 0. The first kappa shape index (κ1) is 15.9. The number of hydrogen-bond acceptors (Lipinski definition) is 1. The molecule has 0 atom stereocenters. The van der Waals surface area contributed by atoms with E-state index in [2.05, 4.69) is 0 Å². The third-order valence-electron chi connectivity index (χ3n) is 2.68. The van der Waals surface area contributed by atoms with Crippen LogP contribution in [-0.2, 0) is 23.6 Å². The van der Waals surface area contributed by atoms with Crippen LogP contribution in [0.3, 0.4) is 0 Å².